The maximum Gasteiger partial charge on any atom is 0.416 e. The Kier molecular flexibility index (Phi) is 6.45. The maximum atomic E-state index is 12.5. The first-order valence-electron chi connectivity index (χ1n) is 10.7. The van der Waals surface area contributed by atoms with Crippen molar-refractivity contribution in [3.05, 3.63) is 53.5 Å². The van der Waals surface area contributed by atoms with E-state index >= 15 is 0 Å². The lowest BCUT2D eigenvalue weighted by Gasteiger charge is -2.39. The number of aromatic amines is 1. The predicted molar refractivity (Wildman–Crippen MR) is 118 cm³/mol. The topological polar surface area (TPSA) is 147 Å². The van der Waals surface area contributed by atoms with Crippen molar-refractivity contribution < 1.29 is 27.9 Å². The highest BCUT2D eigenvalue weighted by atomic mass is 19.4. The Balaban J connectivity index is 0.000000189. The van der Waals surface area contributed by atoms with Crippen LogP contribution in [0.1, 0.15) is 28.8 Å². The number of amides is 1. The number of hydrogen-bond acceptors (Lipinski definition) is 5. The second-order valence-electron chi connectivity index (χ2n) is 8.42. The van der Waals surface area contributed by atoms with E-state index in [1.807, 2.05) is 0 Å². The van der Waals surface area contributed by atoms with Crippen molar-refractivity contribution in [1.29, 1.82) is 5.26 Å². The molecule has 3 heterocycles. The largest absolute Gasteiger partial charge is 0.667 e. The number of nitriles is 1. The minimum Gasteiger partial charge on any atom is -0.667 e. The van der Waals surface area contributed by atoms with Crippen LogP contribution < -0.4 is 0 Å². The summed E-state index contributed by atoms with van der Waals surface area (Å²) in [6.45, 7) is 1.08. The Morgan fingerprint density at radius 2 is 1.89 bits per heavy atom. The fraction of sp³-hybridized carbons (Fsp3) is 0.348. The average molecular weight is 485 g/mol. The van der Waals surface area contributed by atoms with Crippen molar-refractivity contribution in [2.45, 2.75) is 25.1 Å². The number of carbonyl (C=O) groups excluding carboxylic acids is 1. The number of halogens is 3. The van der Waals surface area contributed by atoms with Gasteiger partial charge in [-0.3, -0.25) is 4.79 Å². The van der Waals surface area contributed by atoms with Crippen LogP contribution in [0.2, 0.25) is 0 Å². The molecule has 1 aliphatic heterocycles. The van der Waals surface area contributed by atoms with Gasteiger partial charge in [-0.2, -0.15) is 18.4 Å². The lowest BCUT2D eigenvalue weighted by Crippen LogP contribution is -2.52. The summed E-state index contributed by atoms with van der Waals surface area (Å²) in [5.41, 5.74) is 7.97. The molecule has 1 aromatic carbocycles. The van der Waals surface area contributed by atoms with E-state index < -0.39 is 23.8 Å². The van der Waals surface area contributed by atoms with Gasteiger partial charge < -0.3 is 20.7 Å². The van der Waals surface area contributed by atoms with Crippen LogP contribution in [0.25, 0.3) is 28.2 Å². The summed E-state index contributed by atoms with van der Waals surface area (Å²) < 4.78 is 37.6. The highest BCUT2D eigenvalue weighted by molar-refractivity contribution is 6.00. The van der Waals surface area contributed by atoms with Crippen LogP contribution in [-0.2, 0) is 11.0 Å². The van der Waals surface area contributed by atoms with Gasteiger partial charge in [0, 0.05) is 24.8 Å². The summed E-state index contributed by atoms with van der Waals surface area (Å²) in [6, 6.07) is 5.98. The minimum atomic E-state index is -4.41. The number of nitrogens with one attached hydrogen (secondary N) is 2. The molecule has 0 bridgehead atoms. The molecular formula is C23H20F3N6O3-. The predicted octanol–water partition coefficient (Wildman–Crippen LogP) is 4.14. The molecule has 1 saturated carbocycles. The number of rotatable bonds is 4. The van der Waals surface area contributed by atoms with E-state index in [-0.39, 0.29) is 22.9 Å². The van der Waals surface area contributed by atoms with Crippen LogP contribution in [0.4, 0.5) is 13.2 Å². The monoisotopic (exact) mass is 485 g/mol. The van der Waals surface area contributed by atoms with E-state index in [1.165, 1.54) is 24.5 Å². The van der Waals surface area contributed by atoms with E-state index in [4.69, 9.17) is 16.1 Å². The number of benzene rings is 1. The average Bonchev–Trinajstić information content (AvgIpc) is 3.56. The fourth-order valence-corrected chi connectivity index (χ4v) is 3.59. The standard InChI is InChI=1S/C14H8F3N3O2.C9H12N3O/c15-14(16,17)8-3-1-7(2-4-8)10-6-19-12-11(20-10)9(5-18-12)13(21)22;10-3-6-4-12(5-6)9(13)8(11)7-1-2-7/h1-6H,(H,18,19)(H,21,22);6-8,11H,1-2,4-5H2/q;-1/t;8-/m.1/s1. The summed E-state index contributed by atoms with van der Waals surface area (Å²) in [4.78, 5) is 35.1. The molecule has 2 aliphatic rings. The first-order chi connectivity index (χ1) is 16.6. The summed E-state index contributed by atoms with van der Waals surface area (Å²) in [7, 11) is 0. The summed E-state index contributed by atoms with van der Waals surface area (Å²) in [5, 5.41) is 17.6. The van der Waals surface area contributed by atoms with E-state index in [2.05, 4.69) is 21.0 Å². The molecule has 1 amide bonds. The van der Waals surface area contributed by atoms with Gasteiger partial charge in [-0.1, -0.05) is 31.0 Å². The third-order valence-electron chi connectivity index (χ3n) is 5.85. The molecule has 3 aromatic rings. The summed E-state index contributed by atoms with van der Waals surface area (Å²) in [6.07, 6.45) is 0.271. The Morgan fingerprint density at radius 3 is 2.43 bits per heavy atom. The van der Waals surface area contributed by atoms with Crippen LogP contribution in [0.15, 0.2) is 36.7 Å². The van der Waals surface area contributed by atoms with Gasteiger partial charge in [0.05, 0.1) is 29.4 Å². The van der Waals surface area contributed by atoms with Gasteiger partial charge in [-0.15, -0.1) is 0 Å². The van der Waals surface area contributed by atoms with Crippen molar-refractivity contribution in [2.24, 2.45) is 11.8 Å². The van der Waals surface area contributed by atoms with Crippen LogP contribution >= 0.6 is 0 Å². The highest BCUT2D eigenvalue weighted by Crippen LogP contribution is 2.35. The van der Waals surface area contributed by atoms with Crippen LogP contribution in [0, 0.1) is 23.2 Å². The quantitative estimate of drug-likeness (QED) is 0.568. The van der Waals surface area contributed by atoms with Gasteiger partial charge in [0.15, 0.2) is 5.65 Å². The number of fused-ring (bicyclic) bond motifs is 1. The van der Waals surface area contributed by atoms with Crippen molar-refractivity contribution in [1.82, 2.24) is 19.9 Å². The number of likely N-dealkylation sites (tertiary alicyclic amines) is 1. The normalized spacial score (nSPS) is 16.6. The molecule has 0 unspecified atom stereocenters. The molecule has 5 rings (SSSR count). The van der Waals surface area contributed by atoms with Crippen molar-refractivity contribution in [2.75, 3.05) is 13.1 Å². The van der Waals surface area contributed by atoms with Crippen LogP contribution in [0.3, 0.4) is 0 Å². The molecule has 0 radical (unpaired) electrons. The van der Waals surface area contributed by atoms with E-state index in [0.29, 0.717) is 35.9 Å². The fourth-order valence-electron chi connectivity index (χ4n) is 3.59. The van der Waals surface area contributed by atoms with Crippen molar-refractivity contribution in [3.8, 4) is 17.3 Å². The second-order valence-corrected chi connectivity index (χ2v) is 8.42. The van der Waals surface area contributed by atoms with Gasteiger partial charge in [0.1, 0.15) is 11.1 Å². The smallest absolute Gasteiger partial charge is 0.416 e. The maximum absolute atomic E-state index is 12.5. The molecule has 3 N–H and O–H groups in total. The highest BCUT2D eigenvalue weighted by Gasteiger charge is 2.36. The molecule has 12 heteroatoms. The van der Waals surface area contributed by atoms with Gasteiger partial charge >= 0.3 is 12.1 Å². The molecule has 35 heavy (non-hydrogen) atoms. The Hall–Kier alpha value is -3.98. The van der Waals surface area contributed by atoms with Gasteiger partial charge in [-0.05, 0) is 18.1 Å². The molecule has 182 valence electrons. The van der Waals surface area contributed by atoms with Crippen LogP contribution in [-0.4, -0.2) is 56.0 Å². The summed E-state index contributed by atoms with van der Waals surface area (Å²) >= 11 is 0. The van der Waals surface area contributed by atoms with Crippen molar-refractivity contribution >= 4 is 23.0 Å². The van der Waals surface area contributed by atoms with E-state index in [1.54, 1.807) is 4.90 Å². The number of hydrogen-bond donors (Lipinski definition) is 2. The van der Waals surface area contributed by atoms with Crippen molar-refractivity contribution in [3.63, 3.8) is 0 Å². The zero-order chi connectivity index (χ0) is 25.3. The minimum absolute atomic E-state index is 0.00959. The molecule has 0 spiro atoms. The molecule has 1 aliphatic carbocycles. The molecule has 1 saturated heterocycles. The van der Waals surface area contributed by atoms with E-state index in [9.17, 15) is 22.8 Å². The lowest BCUT2D eigenvalue weighted by molar-refractivity contribution is -0.138. The second kappa shape index (κ2) is 9.34. The van der Waals surface area contributed by atoms with Gasteiger partial charge in [0.2, 0.25) is 5.91 Å². The van der Waals surface area contributed by atoms with Crippen LogP contribution in [0.5, 0.6) is 0 Å². The number of alkyl halides is 3. The zero-order valence-electron chi connectivity index (χ0n) is 18.2. The third-order valence-corrected chi connectivity index (χ3v) is 5.85. The lowest BCUT2D eigenvalue weighted by atomic mass is 10.00. The molecule has 2 fully saturated rings. The first kappa shape index (κ1) is 24.2. The third kappa shape index (κ3) is 5.25. The number of aromatic carboxylic acids is 1. The zero-order valence-corrected chi connectivity index (χ0v) is 18.2. The van der Waals surface area contributed by atoms with E-state index in [0.717, 1.165) is 25.0 Å². The van der Waals surface area contributed by atoms with Gasteiger partial charge in [0.25, 0.3) is 0 Å². The molecule has 2 aromatic heterocycles. The Morgan fingerprint density at radius 1 is 1.23 bits per heavy atom. The van der Waals surface area contributed by atoms with Gasteiger partial charge in [-0.25, -0.2) is 14.8 Å². The molecular weight excluding hydrogens is 465 g/mol. The number of carboxylic acid groups (broad SMARTS) is 1. The molecule has 1 atom stereocenters. The number of nitrogens with zero attached hydrogens (tertiary/aromatic N) is 4. The SMILES string of the molecule is N#CC1CN(C(=O)[C@H]([NH-])C2CC2)C1.O=C(O)c1c[nH]c2ncc(-c3ccc(C(F)(F)F)cc3)nc12. The molecule has 9 nitrogen and oxygen atoms in total. The number of carbonyl (C=O) groups is 2. The first-order valence-corrected chi connectivity index (χ1v) is 10.7. The Bertz CT molecular complexity index is 1290. The number of aromatic nitrogens is 3. The Labute approximate surface area is 197 Å². The summed E-state index contributed by atoms with van der Waals surface area (Å²) in [5.74, 6) is -0.928. The number of carboxylic acids is 1. The number of H-pyrrole nitrogens is 1.